The molecule has 3 heterocycles. The van der Waals surface area contributed by atoms with E-state index in [0.29, 0.717) is 6.04 Å². The van der Waals surface area contributed by atoms with Crippen LogP contribution in [0.25, 0.3) is 11.0 Å². The second-order valence-corrected chi connectivity index (χ2v) is 6.23. The van der Waals surface area contributed by atoms with Gasteiger partial charge in [0.25, 0.3) is 0 Å². The van der Waals surface area contributed by atoms with Gasteiger partial charge >= 0.3 is 0 Å². The Balaban J connectivity index is 1.38. The summed E-state index contributed by atoms with van der Waals surface area (Å²) < 4.78 is 0. The zero-order chi connectivity index (χ0) is 16.4. The molecule has 1 aliphatic rings. The summed E-state index contributed by atoms with van der Waals surface area (Å²) in [6, 6.07) is 10.7. The molecule has 4 rings (SSSR count). The normalized spacial score (nSPS) is 15.8. The van der Waals surface area contributed by atoms with E-state index >= 15 is 0 Å². The molecule has 6 heteroatoms. The third kappa shape index (κ3) is 3.04. The minimum Gasteiger partial charge on any atom is -0.356 e. The van der Waals surface area contributed by atoms with Crippen molar-refractivity contribution in [3.05, 3.63) is 42.4 Å². The van der Waals surface area contributed by atoms with E-state index in [0.717, 1.165) is 60.8 Å². The van der Waals surface area contributed by atoms with Crippen LogP contribution in [0.5, 0.6) is 0 Å². The number of aromatic nitrogens is 4. The zero-order valence-electron chi connectivity index (χ0n) is 13.9. The first kappa shape index (κ1) is 14.9. The molecule has 0 unspecified atom stereocenters. The van der Waals surface area contributed by atoms with Crippen LogP contribution in [-0.2, 0) is 6.42 Å². The zero-order valence-corrected chi connectivity index (χ0v) is 13.9. The molecule has 0 spiro atoms. The fraction of sp³-hybridized carbons (Fsp3) is 0.389. The molecule has 1 saturated heterocycles. The van der Waals surface area contributed by atoms with Gasteiger partial charge in [0.1, 0.15) is 12.1 Å². The summed E-state index contributed by atoms with van der Waals surface area (Å²) in [6.45, 7) is 4.12. The van der Waals surface area contributed by atoms with E-state index in [1.54, 1.807) is 6.33 Å². The number of aryl methyl sites for hydroxylation is 1. The maximum absolute atomic E-state index is 4.61. The molecule has 124 valence electrons. The van der Waals surface area contributed by atoms with Gasteiger partial charge < -0.3 is 15.2 Å². The number of imidazole rings is 1. The maximum Gasteiger partial charge on any atom is 0.201 e. The summed E-state index contributed by atoms with van der Waals surface area (Å²) in [5.74, 6) is 1.91. The Morgan fingerprint density at radius 2 is 2.04 bits per heavy atom. The first-order chi connectivity index (χ1) is 11.8. The number of piperidine rings is 1. The lowest BCUT2D eigenvalue weighted by Gasteiger charge is -2.33. The molecule has 0 radical (unpaired) electrons. The highest BCUT2D eigenvalue weighted by Gasteiger charge is 2.21. The van der Waals surface area contributed by atoms with Gasteiger partial charge in [0.05, 0.1) is 11.0 Å². The average molecular weight is 322 g/mol. The fourth-order valence-corrected chi connectivity index (χ4v) is 3.22. The summed E-state index contributed by atoms with van der Waals surface area (Å²) in [5.41, 5.74) is 3.18. The highest BCUT2D eigenvalue weighted by Crippen LogP contribution is 2.21. The molecule has 3 aromatic rings. The van der Waals surface area contributed by atoms with Crippen molar-refractivity contribution in [2.24, 2.45) is 0 Å². The Morgan fingerprint density at radius 3 is 2.83 bits per heavy atom. The van der Waals surface area contributed by atoms with E-state index in [4.69, 9.17) is 0 Å². The smallest absolute Gasteiger partial charge is 0.201 e. The predicted octanol–water partition coefficient (Wildman–Crippen LogP) is 3.00. The van der Waals surface area contributed by atoms with E-state index in [-0.39, 0.29) is 0 Å². The Bertz CT molecular complexity index is 786. The summed E-state index contributed by atoms with van der Waals surface area (Å²) in [4.78, 5) is 19.0. The van der Waals surface area contributed by atoms with Crippen molar-refractivity contribution in [2.75, 3.05) is 23.3 Å². The minimum atomic E-state index is 0.439. The first-order valence-corrected chi connectivity index (χ1v) is 8.59. The van der Waals surface area contributed by atoms with Crippen LogP contribution in [0.15, 0.2) is 36.7 Å². The van der Waals surface area contributed by atoms with Gasteiger partial charge in [-0.05, 0) is 31.4 Å². The molecule has 6 nitrogen and oxygen atoms in total. The number of fused-ring (bicyclic) bond motifs is 1. The van der Waals surface area contributed by atoms with Crippen molar-refractivity contribution in [2.45, 2.75) is 32.2 Å². The SMILES string of the molecule is CCc1cc(N2CCC(Nc3nc4ccccc4[nH]3)CC2)ncn1. The van der Waals surface area contributed by atoms with Gasteiger partial charge in [0.2, 0.25) is 5.95 Å². The molecule has 1 fully saturated rings. The van der Waals surface area contributed by atoms with Crippen LogP contribution in [-0.4, -0.2) is 39.1 Å². The number of rotatable bonds is 4. The molecule has 2 N–H and O–H groups in total. The molecule has 0 atom stereocenters. The van der Waals surface area contributed by atoms with E-state index in [9.17, 15) is 0 Å². The quantitative estimate of drug-likeness (QED) is 0.773. The lowest BCUT2D eigenvalue weighted by Crippen LogP contribution is -2.39. The molecule has 1 aromatic carbocycles. The molecule has 2 aromatic heterocycles. The Morgan fingerprint density at radius 1 is 1.21 bits per heavy atom. The van der Waals surface area contributed by atoms with Gasteiger partial charge in [0.15, 0.2) is 0 Å². The van der Waals surface area contributed by atoms with Gasteiger partial charge in [-0.2, -0.15) is 0 Å². The molecule has 0 amide bonds. The third-order valence-corrected chi connectivity index (χ3v) is 4.62. The van der Waals surface area contributed by atoms with Crippen LogP contribution < -0.4 is 10.2 Å². The van der Waals surface area contributed by atoms with Crippen LogP contribution >= 0.6 is 0 Å². The maximum atomic E-state index is 4.61. The van der Waals surface area contributed by atoms with Crippen LogP contribution in [0.2, 0.25) is 0 Å². The van der Waals surface area contributed by atoms with Crippen molar-refractivity contribution in [1.82, 2.24) is 19.9 Å². The van der Waals surface area contributed by atoms with Gasteiger partial charge in [0, 0.05) is 30.9 Å². The van der Waals surface area contributed by atoms with E-state index in [2.05, 4.69) is 49.2 Å². The molecule has 0 saturated carbocycles. The van der Waals surface area contributed by atoms with Crippen LogP contribution in [0, 0.1) is 0 Å². The van der Waals surface area contributed by atoms with E-state index < -0.39 is 0 Å². The number of aromatic amines is 1. The molecular weight excluding hydrogens is 300 g/mol. The highest BCUT2D eigenvalue weighted by molar-refractivity contribution is 5.77. The minimum absolute atomic E-state index is 0.439. The summed E-state index contributed by atoms with van der Waals surface area (Å²) in [6.07, 6.45) is 4.76. The number of anilines is 2. The Labute approximate surface area is 141 Å². The fourth-order valence-electron chi connectivity index (χ4n) is 3.22. The number of nitrogens with zero attached hydrogens (tertiary/aromatic N) is 4. The number of nitrogens with one attached hydrogen (secondary N) is 2. The number of benzene rings is 1. The number of H-pyrrole nitrogens is 1. The molecule has 1 aliphatic heterocycles. The summed E-state index contributed by atoms with van der Waals surface area (Å²) in [5, 5.41) is 3.54. The molecular formula is C18H22N6. The van der Waals surface area contributed by atoms with Crippen molar-refractivity contribution >= 4 is 22.8 Å². The summed E-state index contributed by atoms with van der Waals surface area (Å²) >= 11 is 0. The van der Waals surface area contributed by atoms with Gasteiger partial charge in [-0.25, -0.2) is 15.0 Å². The Hall–Kier alpha value is -2.63. The lowest BCUT2D eigenvalue weighted by atomic mass is 10.1. The van der Waals surface area contributed by atoms with Crippen molar-refractivity contribution in [3.63, 3.8) is 0 Å². The second kappa shape index (κ2) is 6.47. The highest BCUT2D eigenvalue weighted by atomic mass is 15.2. The van der Waals surface area contributed by atoms with Crippen LogP contribution in [0.3, 0.4) is 0 Å². The summed E-state index contributed by atoms with van der Waals surface area (Å²) in [7, 11) is 0. The molecule has 24 heavy (non-hydrogen) atoms. The number of para-hydroxylation sites is 2. The monoisotopic (exact) mass is 322 g/mol. The molecule has 0 aliphatic carbocycles. The van der Waals surface area contributed by atoms with Crippen LogP contribution in [0.4, 0.5) is 11.8 Å². The Kier molecular flexibility index (Phi) is 4.02. The third-order valence-electron chi connectivity index (χ3n) is 4.62. The first-order valence-electron chi connectivity index (χ1n) is 8.59. The second-order valence-electron chi connectivity index (χ2n) is 6.23. The predicted molar refractivity (Wildman–Crippen MR) is 96.4 cm³/mol. The van der Waals surface area contributed by atoms with E-state index in [1.807, 2.05) is 18.2 Å². The number of hydrogen-bond donors (Lipinski definition) is 2. The largest absolute Gasteiger partial charge is 0.356 e. The standard InChI is InChI=1S/C18H22N6/c1-2-13-11-17(20-12-19-13)24-9-7-14(8-10-24)21-18-22-15-5-3-4-6-16(15)23-18/h3-6,11-12,14H,2,7-10H2,1H3,(H2,21,22,23). The van der Waals surface area contributed by atoms with Crippen LogP contribution in [0.1, 0.15) is 25.5 Å². The van der Waals surface area contributed by atoms with Gasteiger partial charge in [-0.1, -0.05) is 19.1 Å². The van der Waals surface area contributed by atoms with Gasteiger partial charge in [-0.3, -0.25) is 0 Å². The average Bonchev–Trinajstić information content (AvgIpc) is 3.04. The van der Waals surface area contributed by atoms with Crippen molar-refractivity contribution in [3.8, 4) is 0 Å². The van der Waals surface area contributed by atoms with E-state index in [1.165, 1.54) is 0 Å². The molecule has 0 bridgehead atoms. The topological polar surface area (TPSA) is 69.7 Å². The van der Waals surface area contributed by atoms with Gasteiger partial charge in [-0.15, -0.1) is 0 Å². The lowest BCUT2D eigenvalue weighted by molar-refractivity contribution is 0.521. The van der Waals surface area contributed by atoms with Crippen molar-refractivity contribution < 1.29 is 0 Å². The van der Waals surface area contributed by atoms with Crippen molar-refractivity contribution in [1.29, 1.82) is 0 Å². The number of hydrogen-bond acceptors (Lipinski definition) is 5.